The van der Waals surface area contributed by atoms with Crippen LogP contribution in [0.15, 0.2) is 54.7 Å². The third kappa shape index (κ3) is 3.86. The van der Waals surface area contributed by atoms with E-state index in [1.165, 1.54) is 22.3 Å². The third-order valence-corrected chi connectivity index (χ3v) is 5.53. The lowest BCUT2D eigenvalue weighted by molar-refractivity contribution is 0.0984. The third-order valence-electron chi connectivity index (χ3n) is 4.51. The summed E-state index contributed by atoms with van der Waals surface area (Å²) in [6.45, 7) is 4.14. The Hall–Kier alpha value is -3.19. The average molecular weight is 409 g/mol. The monoisotopic (exact) mass is 409 g/mol. The van der Waals surface area contributed by atoms with E-state index >= 15 is 0 Å². The Morgan fingerprint density at radius 3 is 2.62 bits per heavy atom. The standard InChI is InChI=1S/C22H17F2N3OS/c1-13-9-14(2)20-19(10-13)29-22(26-20)27(12-16-5-3-4-8-25-16)21(28)15-6-7-17(23)18(24)11-15/h3-11H,12H2,1-2H3. The van der Waals surface area contributed by atoms with Crippen LogP contribution in [0.5, 0.6) is 0 Å². The smallest absolute Gasteiger partial charge is 0.260 e. The van der Waals surface area contributed by atoms with Crippen LogP contribution >= 0.6 is 11.3 Å². The number of amides is 1. The molecule has 0 aliphatic carbocycles. The molecule has 2 aromatic carbocycles. The minimum absolute atomic E-state index is 0.0481. The first kappa shape index (κ1) is 19.1. The average Bonchev–Trinajstić information content (AvgIpc) is 3.12. The van der Waals surface area contributed by atoms with Gasteiger partial charge in [-0.25, -0.2) is 13.8 Å². The van der Waals surface area contributed by atoms with Crippen molar-refractivity contribution in [3.05, 3.63) is 88.7 Å². The molecule has 4 nitrogen and oxygen atoms in total. The van der Waals surface area contributed by atoms with Gasteiger partial charge in [-0.15, -0.1) is 0 Å². The fourth-order valence-electron chi connectivity index (χ4n) is 3.14. The lowest BCUT2D eigenvalue weighted by atomic mass is 10.1. The normalized spacial score (nSPS) is 11.0. The molecule has 146 valence electrons. The number of aromatic nitrogens is 2. The van der Waals surface area contributed by atoms with Gasteiger partial charge in [-0.1, -0.05) is 23.5 Å². The maximum absolute atomic E-state index is 13.7. The quantitative estimate of drug-likeness (QED) is 0.451. The molecule has 0 N–H and O–H groups in total. The van der Waals surface area contributed by atoms with E-state index in [9.17, 15) is 13.6 Å². The molecule has 0 unspecified atom stereocenters. The van der Waals surface area contributed by atoms with E-state index in [-0.39, 0.29) is 12.1 Å². The van der Waals surface area contributed by atoms with E-state index in [2.05, 4.69) is 9.97 Å². The van der Waals surface area contributed by atoms with Gasteiger partial charge >= 0.3 is 0 Å². The van der Waals surface area contributed by atoms with Crippen LogP contribution in [0.3, 0.4) is 0 Å². The van der Waals surface area contributed by atoms with Gasteiger partial charge in [0.15, 0.2) is 16.8 Å². The molecule has 0 bridgehead atoms. The molecule has 7 heteroatoms. The number of thiazole rings is 1. The Balaban J connectivity index is 1.80. The fourth-order valence-corrected chi connectivity index (χ4v) is 4.28. The summed E-state index contributed by atoms with van der Waals surface area (Å²) >= 11 is 1.38. The number of aryl methyl sites for hydroxylation is 2. The first-order valence-electron chi connectivity index (χ1n) is 8.97. The van der Waals surface area contributed by atoms with Gasteiger partial charge < -0.3 is 0 Å². The highest BCUT2D eigenvalue weighted by molar-refractivity contribution is 7.22. The molecule has 2 heterocycles. The van der Waals surface area contributed by atoms with Crippen molar-refractivity contribution >= 4 is 32.6 Å². The number of hydrogen-bond donors (Lipinski definition) is 0. The minimum atomic E-state index is -1.07. The minimum Gasteiger partial charge on any atom is -0.278 e. The second-order valence-electron chi connectivity index (χ2n) is 6.77. The summed E-state index contributed by atoms with van der Waals surface area (Å²) in [7, 11) is 0. The van der Waals surface area contributed by atoms with Crippen molar-refractivity contribution in [1.82, 2.24) is 9.97 Å². The largest absolute Gasteiger partial charge is 0.278 e. The summed E-state index contributed by atoms with van der Waals surface area (Å²) in [6.07, 6.45) is 1.64. The lowest BCUT2D eigenvalue weighted by Gasteiger charge is -2.19. The second-order valence-corrected chi connectivity index (χ2v) is 7.78. The van der Waals surface area contributed by atoms with Crippen LogP contribution in [0.1, 0.15) is 27.2 Å². The van der Waals surface area contributed by atoms with Crippen LogP contribution in [0.2, 0.25) is 0 Å². The molecular weight excluding hydrogens is 392 g/mol. The van der Waals surface area contributed by atoms with E-state index < -0.39 is 17.5 Å². The molecule has 0 atom stereocenters. The summed E-state index contributed by atoms with van der Waals surface area (Å²) in [5.41, 5.74) is 3.65. The van der Waals surface area contributed by atoms with Crippen molar-refractivity contribution < 1.29 is 13.6 Å². The van der Waals surface area contributed by atoms with E-state index in [0.29, 0.717) is 10.8 Å². The Labute approximate surface area is 170 Å². The zero-order valence-electron chi connectivity index (χ0n) is 15.8. The Morgan fingerprint density at radius 1 is 1.07 bits per heavy atom. The molecule has 4 rings (SSSR count). The molecular formula is C22H17F2N3OS. The summed E-state index contributed by atoms with van der Waals surface area (Å²) in [5.74, 6) is -2.53. The van der Waals surface area contributed by atoms with E-state index in [1.807, 2.05) is 32.0 Å². The van der Waals surface area contributed by atoms with Gasteiger partial charge in [-0.2, -0.15) is 0 Å². The first-order valence-corrected chi connectivity index (χ1v) is 9.78. The number of rotatable bonds is 4. The highest BCUT2D eigenvalue weighted by Gasteiger charge is 2.23. The van der Waals surface area contributed by atoms with Crippen LogP contribution in [-0.4, -0.2) is 15.9 Å². The van der Waals surface area contributed by atoms with Crippen LogP contribution in [0, 0.1) is 25.5 Å². The van der Waals surface area contributed by atoms with E-state index in [4.69, 9.17) is 0 Å². The van der Waals surface area contributed by atoms with Crippen molar-refractivity contribution in [3.8, 4) is 0 Å². The summed E-state index contributed by atoms with van der Waals surface area (Å²) in [6, 6.07) is 12.6. The topological polar surface area (TPSA) is 46.1 Å². The van der Waals surface area contributed by atoms with Crippen LogP contribution < -0.4 is 4.90 Å². The van der Waals surface area contributed by atoms with Crippen molar-refractivity contribution in [1.29, 1.82) is 0 Å². The van der Waals surface area contributed by atoms with E-state index in [0.717, 1.165) is 33.5 Å². The van der Waals surface area contributed by atoms with Crippen LogP contribution in [0.4, 0.5) is 13.9 Å². The van der Waals surface area contributed by atoms with Gasteiger partial charge in [0, 0.05) is 11.8 Å². The van der Waals surface area contributed by atoms with Crippen LogP contribution in [-0.2, 0) is 6.54 Å². The SMILES string of the molecule is Cc1cc(C)c2nc(N(Cc3ccccn3)C(=O)c3ccc(F)c(F)c3)sc2c1. The molecule has 0 radical (unpaired) electrons. The molecule has 0 aliphatic rings. The highest BCUT2D eigenvalue weighted by atomic mass is 32.1. The summed E-state index contributed by atoms with van der Waals surface area (Å²) in [5, 5.41) is 0.481. The second kappa shape index (κ2) is 7.67. The van der Waals surface area contributed by atoms with Gasteiger partial charge in [0.05, 0.1) is 22.5 Å². The van der Waals surface area contributed by atoms with Gasteiger partial charge in [-0.3, -0.25) is 14.7 Å². The van der Waals surface area contributed by atoms with Crippen molar-refractivity contribution in [3.63, 3.8) is 0 Å². The number of halogens is 2. The maximum Gasteiger partial charge on any atom is 0.260 e. The Morgan fingerprint density at radius 2 is 1.90 bits per heavy atom. The molecule has 2 aromatic heterocycles. The molecule has 4 aromatic rings. The molecule has 0 saturated heterocycles. The van der Waals surface area contributed by atoms with Gasteiger partial charge in [0.25, 0.3) is 5.91 Å². The van der Waals surface area contributed by atoms with Crippen molar-refractivity contribution in [2.75, 3.05) is 4.90 Å². The number of hydrogen-bond acceptors (Lipinski definition) is 4. The number of pyridine rings is 1. The summed E-state index contributed by atoms with van der Waals surface area (Å²) in [4.78, 5) is 23.6. The molecule has 1 amide bonds. The van der Waals surface area contributed by atoms with Gasteiger partial charge in [-0.05, 0) is 61.4 Å². The van der Waals surface area contributed by atoms with Crippen molar-refractivity contribution in [2.24, 2.45) is 0 Å². The first-order chi connectivity index (χ1) is 13.9. The van der Waals surface area contributed by atoms with Gasteiger partial charge in [0.1, 0.15) is 0 Å². The van der Waals surface area contributed by atoms with Crippen molar-refractivity contribution in [2.45, 2.75) is 20.4 Å². The Kier molecular flexibility index (Phi) is 5.07. The predicted molar refractivity (Wildman–Crippen MR) is 110 cm³/mol. The van der Waals surface area contributed by atoms with E-state index in [1.54, 1.807) is 18.3 Å². The fraction of sp³-hybridized carbons (Fsp3) is 0.136. The molecule has 0 spiro atoms. The maximum atomic E-state index is 13.7. The lowest BCUT2D eigenvalue weighted by Crippen LogP contribution is -2.30. The number of carbonyl (C=O) groups is 1. The van der Waals surface area contributed by atoms with Gasteiger partial charge in [0.2, 0.25) is 0 Å². The molecule has 0 aliphatic heterocycles. The predicted octanol–water partition coefficient (Wildman–Crippen LogP) is 5.43. The molecule has 0 saturated carbocycles. The summed E-state index contributed by atoms with van der Waals surface area (Å²) < 4.78 is 28.0. The number of benzene rings is 2. The zero-order valence-corrected chi connectivity index (χ0v) is 16.6. The number of carbonyl (C=O) groups excluding carboxylic acids is 1. The number of fused-ring (bicyclic) bond motifs is 1. The molecule has 0 fully saturated rings. The highest BCUT2D eigenvalue weighted by Crippen LogP contribution is 2.33. The Bertz CT molecular complexity index is 1210. The zero-order chi connectivity index (χ0) is 20.5. The number of nitrogens with zero attached hydrogens (tertiary/aromatic N) is 3. The number of anilines is 1. The van der Waals surface area contributed by atoms with Crippen LogP contribution in [0.25, 0.3) is 10.2 Å². The molecule has 29 heavy (non-hydrogen) atoms.